The van der Waals surface area contributed by atoms with E-state index in [1.807, 2.05) is 41.3 Å². The molecule has 0 bridgehead atoms. The van der Waals surface area contributed by atoms with Crippen molar-refractivity contribution < 1.29 is 28.9 Å². The molecule has 2 atom stereocenters. The van der Waals surface area contributed by atoms with Gasteiger partial charge in [0.2, 0.25) is 17.6 Å². The number of carboxylic acid groups (broad SMARTS) is 1. The second-order valence-electron chi connectivity index (χ2n) is 14.3. The Kier molecular flexibility index (Phi) is 10.4. The van der Waals surface area contributed by atoms with E-state index in [9.17, 15) is 14.7 Å². The summed E-state index contributed by atoms with van der Waals surface area (Å²) >= 11 is 13.9. The van der Waals surface area contributed by atoms with E-state index in [1.165, 1.54) is 0 Å². The summed E-state index contributed by atoms with van der Waals surface area (Å²) in [4.78, 5) is 34.7. The maximum absolute atomic E-state index is 11.6. The Bertz CT molecular complexity index is 2020. The summed E-state index contributed by atoms with van der Waals surface area (Å²) in [7, 11) is 3.17. The van der Waals surface area contributed by atoms with Crippen LogP contribution in [0.4, 0.5) is 0 Å². The molecular weight excluding hydrogens is 703 g/mol. The molecule has 0 amide bonds. The van der Waals surface area contributed by atoms with E-state index in [2.05, 4.69) is 22.4 Å². The number of pyridine rings is 2. The van der Waals surface area contributed by atoms with Crippen LogP contribution in [0.1, 0.15) is 61.0 Å². The summed E-state index contributed by atoms with van der Waals surface area (Å²) in [5, 5.41) is 13.9. The molecule has 2 aromatic heterocycles. The summed E-state index contributed by atoms with van der Waals surface area (Å²) in [5.41, 5.74) is 6.62. The van der Waals surface area contributed by atoms with Crippen LogP contribution in [-0.4, -0.2) is 65.6 Å². The fourth-order valence-corrected chi connectivity index (χ4v) is 8.31. The van der Waals surface area contributed by atoms with Crippen molar-refractivity contribution >= 4 is 35.0 Å². The number of fused-ring (bicyclic) bond motifs is 1. The quantitative estimate of drug-likeness (QED) is 0.142. The van der Waals surface area contributed by atoms with E-state index < -0.39 is 11.4 Å². The predicted octanol–water partition coefficient (Wildman–Crippen LogP) is 7.57. The van der Waals surface area contributed by atoms with Crippen molar-refractivity contribution in [2.45, 2.75) is 58.2 Å². The number of ether oxygens (including phenoxy) is 3. The number of aromatic nitrogens is 2. The van der Waals surface area contributed by atoms with Crippen molar-refractivity contribution in [1.82, 2.24) is 20.2 Å². The van der Waals surface area contributed by atoms with E-state index in [4.69, 9.17) is 42.4 Å². The van der Waals surface area contributed by atoms with Crippen LogP contribution in [0, 0.1) is 11.3 Å². The number of ketones is 1. The van der Waals surface area contributed by atoms with Crippen LogP contribution in [0.5, 0.6) is 17.6 Å². The van der Waals surface area contributed by atoms with Gasteiger partial charge in [-0.2, -0.15) is 4.98 Å². The number of carbonyl (C=O) groups is 2. The van der Waals surface area contributed by atoms with Crippen LogP contribution >= 0.6 is 23.2 Å². The lowest BCUT2D eigenvalue weighted by molar-refractivity contribution is -0.159. The number of hydrogen-bond donors (Lipinski definition) is 2. The standard InChI is InChI=1S/C40H42Cl2N4O6/c1-40(39(48)49)21-46(22-40)20-25-17-32(41)38(45-37(25)51-3)52-34-15-13-28-27(6-4-7-29(28)34)30-8-5-9-31(35(30)42)33-14-11-24(36(44-33)50-2)19-43-18-23-10-12-26(47)16-23/h4-9,11,14,17,23,34,43H,10,12-13,15-16,18-22H2,1-3H3,(H,48,49)/t23-,34+/m1/s1. The van der Waals surface area contributed by atoms with Crippen molar-refractivity contribution in [3.05, 3.63) is 86.9 Å². The highest BCUT2D eigenvalue weighted by Gasteiger charge is 2.45. The fraction of sp³-hybridized carbons (Fsp3) is 0.400. The Morgan fingerprint density at radius 1 is 0.942 bits per heavy atom. The van der Waals surface area contributed by atoms with E-state index in [0.29, 0.717) is 78.2 Å². The number of Topliss-reactive ketones (excluding diaryl/α,β-unsaturated/α-hetero) is 1. The van der Waals surface area contributed by atoms with Crippen LogP contribution in [-0.2, 0) is 29.1 Å². The topological polar surface area (TPSA) is 123 Å². The minimum Gasteiger partial charge on any atom is -0.481 e. The van der Waals surface area contributed by atoms with Gasteiger partial charge in [0.15, 0.2) is 0 Å². The molecule has 1 saturated heterocycles. The normalized spacial score (nSPS) is 19.3. The Morgan fingerprint density at radius 3 is 2.40 bits per heavy atom. The summed E-state index contributed by atoms with van der Waals surface area (Å²) in [6, 6.07) is 17.9. The lowest BCUT2D eigenvalue weighted by Crippen LogP contribution is -2.58. The number of nitrogens with one attached hydrogen (secondary N) is 1. The number of rotatable bonds is 13. The average Bonchev–Trinajstić information content (AvgIpc) is 3.74. The lowest BCUT2D eigenvalue weighted by atomic mass is 9.82. The average molecular weight is 746 g/mol. The van der Waals surface area contributed by atoms with Gasteiger partial charge < -0.3 is 24.6 Å². The third kappa shape index (κ3) is 7.22. The molecule has 0 unspecified atom stereocenters. The Labute approximate surface area is 313 Å². The zero-order chi connectivity index (χ0) is 36.6. The van der Waals surface area contributed by atoms with Crippen molar-refractivity contribution in [2.24, 2.45) is 11.3 Å². The molecule has 7 rings (SSSR count). The van der Waals surface area contributed by atoms with Gasteiger partial charge in [0.25, 0.3) is 0 Å². The van der Waals surface area contributed by atoms with E-state index >= 15 is 0 Å². The monoisotopic (exact) mass is 744 g/mol. The van der Waals surface area contributed by atoms with Gasteiger partial charge in [-0.15, -0.1) is 0 Å². The molecular formula is C40H42Cl2N4O6. The maximum atomic E-state index is 11.6. The first-order valence-electron chi connectivity index (χ1n) is 17.6. The number of hydrogen-bond acceptors (Lipinski definition) is 9. The van der Waals surface area contributed by atoms with Gasteiger partial charge >= 0.3 is 5.97 Å². The summed E-state index contributed by atoms with van der Waals surface area (Å²) in [6.07, 6.45) is 3.53. The first-order valence-corrected chi connectivity index (χ1v) is 18.4. The van der Waals surface area contributed by atoms with Gasteiger partial charge in [-0.1, -0.05) is 65.7 Å². The Morgan fingerprint density at radius 2 is 1.67 bits per heavy atom. The summed E-state index contributed by atoms with van der Waals surface area (Å²) < 4.78 is 17.8. The van der Waals surface area contributed by atoms with Crippen molar-refractivity contribution in [3.63, 3.8) is 0 Å². The van der Waals surface area contributed by atoms with Gasteiger partial charge in [0.1, 0.15) is 16.9 Å². The van der Waals surface area contributed by atoms with Crippen molar-refractivity contribution in [1.29, 1.82) is 0 Å². The summed E-state index contributed by atoms with van der Waals surface area (Å²) in [6.45, 7) is 4.49. The second kappa shape index (κ2) is 15.0. The van der Waals surface area contributed by atoms with Crippen LogP contribution in [0.3, 0.4) is 0 Å². The van der Waals surface area contributed by atoms with Gasteiger partial charge in [-0.3, -0.25) is 14.5 Å². The van der Waals surface area contributed by atoms with Gasteiger partial charge in [-0.05, 0) is 67.5 Å². The molecule has 2 aliphatic carbocycles. The van der Waals surface area contributed by atoms with Crippen LogP contribution < -0.4 is 19.5 Å². The summed E-state index contributed by atoms with van der Waals surface area (Å²) in [5.74, 6) is 1.16. The van der Waals surface area contributed by atoms with Crippen molar-refractivity contribution in [2.75, 3.05) is 33.9 Å². The Hall–Kier alpha value is -4.22. The molecule has 1 aliphatic heterocycles. The van der Waals surface area contributed by atoms with Gasteiger partial charge in [0, 0.05) is 61.3 Å². The molecule has 52 heavy (non-hydrogen) atoms. The van der Waals surface area contributed by atoms with Gasteiger partial charge in [-0.25, -0.2) is 4.98 Å². The zero-order valence-electron chi connectivity index (χ0n) is 29.5. The molecule has 0 spiro atoms. The third-order valence-corrected chi connectivity index (χ3v) is 11.2. The second-order valence-corrected chi connectivity index (χ2v) is 15.1. The van der Waals surface area contributed by atoms with Crippen LogP contribution in [0.15, 0.2) is 54.6 Å². The van der Waals surface area contributed by atoms with Crippen molar-refractivity contribution in [3.8, 4) is 40.0 Å². The fourth-order valence-electron chi connectivity index (χ4n) is 7.77. The molecule has 2 aromatic carbocycles. The number of halogens is 2. The maximum Gasteiger partial charge on any atom is 0.311 e. The molecule has 1 saturated carbocycles. The largest absolute Gasteiger partial charge is 0.481 e. The highest BCUT2D eigenvalue weighted by molar-refractivity contribution is 6.36. The highest BCUT2D eigenvalue weighted by Crippen LogP contribution is 2.45. The number of nitrogens with zero attached hydrogens (tertiary/aromatic N) is 3. The molecule has 10 nitrogen and oxygen atoms in total. The molecule has 12 heteroatoms. The highest BCUT2D eigenvalue weighted by atomic mass is 35.5. The molecule has 3 heterocycles. The minimum absolute atomic E-state index is 0.273. The first-order chi connectivity index (χ1) is 25.1. The number of aliphatic carboxylic acids is 1. The van der Waals surface area contributed by atoms with E-state index in [0.717, 1.165) is 64.8 Å². The molecule has 2 fully saturated rings. The SMILES string of the molecule is COc1nc(-c2cccc(-c3cccc4c3CC[C@@H]4Oc3nc(OC)c(CN4CC(C)(C(=O)O)C4)cc3Cl)c2Cl)ccc1CNC[C@@H]1CCC(=O)C1. The zero-order valence-corrected chi connectivity index (χ0v) is 31.0. The van der Waals surface area contributed by atoms with E-state index in [-0.39, 0.29) is 12.0 Å². The molecule has 4 aromatic rings. The lowest BCUT2D eigenvalue weighted by Gasteiger charge is -2.45. The number of methoxy groups -OCH3 is 2. The molecule has 2 N–H and O–H groups in total. The van der Waals surface area contributed by atoms with Crippen LogP contribution in [0.25, 0.3) is 22.4 Å². The molecule has 3 aliphatic rings. The smallest absolute Gasteiger partial charge is 0.311 e. The number of carboxylic acids is 1. The number of likely N-dealkylation sites (tertiary alicyclic amines) is 1. The minimum atomic E-state index is -0.798. The third-order valence-electron chi connectivity index (χ3n) is 10.5. The number of carbonyl (C=O) groups excluding carboxylic acids is 1. The molecule has 0 radical (unpaired) electrons. The Balaban J connectivity index is 1.08. The van der Waals surface area contributed by atoms with Gasteiger partial charge in [0.05, 0.1) is 30.4 Å². The molecule has 272 valence electrons. The first kappa shape index (κ1) is 36.2. The van der Waals surface area contributed by atoms with E-state index in [1.54, 1.807) is 27.2 Å². The van der Waals surface area contributed by atoms with Crippen LogP contribution in [0.2, 0.25) is 10.0 Å². The number of benzene rings is 2. The predicted molar refractivity (Wildman–Crippen MR) is 199 cm³/mol.